The van der Waals surface area contributed by atoms with E-state index < -0.39 is 9.84 Å². The molecule has 0 amide bonds. The first kappa shape index (κ1) is 11.7. The molecule has 0 radical (unpaired) electrons. The minimum Gasteiger partial charge on any atom is -0.330 e. The van der Waals surface area contributed by atoms with Gasteiger partial charge < -0.3 is 5.73 Å². The van der Waals surface area contributed by atoms with E-state index in [9.17, 15) is 8.42 Å². The number of aryl methyl sites for hydroxylation is 1. The number of hydrogen-bond acceptors (Lipinski definition) is 4. The Morgan fingerprint density at radius 1 is 1.50 bits per heavy atom. The topological polar surface area (TPSA) is 60.2 Å². The van der Waals surface area contributed by atoms with Gasteiger partial charge in [-0.3, -0.25) is 0 Å². The van der Waals surface area contributed by atoms with Crippen LogP contribution in [-0.4, -0.2) is 27.0 Å². The van der Waals surface area contributed by atoms with Gasteiger partial charge in [-0.1, -0.05) is 0 Å². The normalized spacial score (nSPS) is 14.2. The summed E-state index contributed by atoms with van der Waals surface area (Å²) in [7, 11) is -2.95. The lowest BCUT2D eigenvalue weighted by Crippen LogP contribution is -2.20. The molecule has 0 fully saturated rings. The van der Waals surface area contributed by atoms with E-state index in [2.05, 4.69) is 0 Å². The lowest BCUT2D eigenvalue weighted by Gasteiger charge is -2.10. The molecule has 5 heteroatoms. The van der Waals surface area contributed by atoms with Crippen molar-refractivity contribution in [3.05, 3.63) is 21.9 Å². The van der Waals surface area contributed by atoms with Gasteiger partial charge in [0.1, 0.15) is 9.84 Å². The zero-order valence-electron chi connectivity index (χ0n) is 8.36. The van der Waals surface area contributed by atoms with Crippen LogP contribution in [0.3, 0.4) is 0 Å². The monoisotopic (exact) mass is 233 g/mol. The molecule has 0 spiro atoms. The molecule has 0 aliphatic carbocycles. The number of thiophene rings is 1. The van der Waals surface area contributed by atoms with E-state index in [1.165, 1.54) is 11.1 Å². The van der Waals surface area contributed by atoms with Gasteiger partial charge in [-0.2, -0.15) is 0 Å². The van der Waals surface area contributed by atoms with Crippen molar-refractivity contribution in [2.45, 2.75) is 12.8 Å². The molecule has 0 saturated heterocycles. The van der Waals surface area contributed by atoms with Gasteiger partial charge in [0.05, 0.1) is 5.75 Å². The average Bonchev–Trinajstić information content (AvgIpc) is 2.46. The maximum absolute atomic E-state index is 11.1. The second kappa shape index (κ2) is 4.42. The minimum absolute atomic E-state index is 0.0521. The first-order valence-corrected chi connectivity index (χ1v) is 7.24. The summed E-state index contributed by atoms with van der Waals surface area (Å²) in [6, 6.07) is 3.95. The van der Waals surface area contributed by atoms with E-state index in [-0.39, 0.29) is 11.7 Å². The fourth-order valence-electron chi connectivity index (χ4n) is 1.30. The SMILES string of the molecule is Cc1ccc(C(CN)CS(C)(=O)=O)s1. The van der Waals surface area contributed by atoms with Crippen LogP contribution in [-0.2, 0) is 9.84 Å². The van der Waals surface area contributed by atoms with Gasteiger partial charge in [0, 0.05) is 28.5 Å². The lowest BCUT2D eigenvalue weighted by atomic mass is 10.1. The van der Waals surface area contributed by atoms with Crippen LogP contribution in [0.2, 0.25) is 0 Å². The molecule has 3 nitrogen and oxygen atoms in total. The van der Waals surface area contributed by atoms with Gasteiger partial charge in [-0.05, 0) is 19.1 Å². The molecule has 0 aliphatic rings. The highest BCUT2D eigenvalue weighted by atomic mass is 32.2. The standard InChI is InChI=1S/C9H15NO2S2/c1-7-3-4-9(13-7)8(5-10)6-14(2,11)12/h3-4,8H,5-6,10H2,1-2H3. The number of sulfone groups is 1. The fourth-order valence-corrected chi connectivity index (χ4v) is 3.45. The summed E-state index contributed by atoms with van der Waals surface area (Å²) in [5, 5.41) is 0. The first-order chi connectivity index (χ1) is 6.42. The Kier molecular flexibility index (Phi) is 3.69. The summed E-state index contributed by atoms with van der Waals surface area (Å²) >= 11 is 1.62. The molecule has 1 rings (SSSR count). The van der Waals surface area contributed by atoms with Crippen molar-refractivity contribution in [1.29, 1.82) is 0 Å². The molecule has 1 atom stereocenters. The van der Waals surface area contributed by atoms with Gasteiger partial charge in [0.25, 0.3) is 0 Å². The molecule has 0 saturated carbocycles. The highest BCUT2D eigenvalue weighted by Gasteiger charge is 2.17. The molecule has 80 valence electrons. The molecule has 1 unspecified atom stereocenters. The van der Waals surface area contributed by atoms with Crippen molar-refractivity contribution in [1.82, 2.24) is 0 Å². The maximum Gasteiger partial charge on any atom is 0.148 e. The predicted molar refractivity (Wildman–Crippen MR) is 60.6 cm³/mol. The van der Waals surface area contributed by atoms with E-state index in [1.807, 2.05) is 19.1 Å². The van der Waals surface area contributed by atoms with Crippen molar-refractivity contribution in [3.63, 3.8) is 0 Å². The smallest absolute Gasteiger partial charge is 0.148 e. The molecule has 0 aromatic carbocycles. The third-order valence-corrected chi connectivity index (χ3v) is 4.12. The summed E-state index contributed by atoms with van der Waals surface area (Å²) in [5.74, 6) is 0.0902. The van der Waals surface area contributed by atoms with Crippen LogP contribution in [0, 0.1) is 6.92 Å². The molecule has 0 bridgehead atoms. The average molecular weight is 233 g/mol. The summed E-state index contributed by atoms with van der Waals surface area (Å²) < 4.78 is 22.3. The largest absolute Gasteiger partial charge is 0.330 e. The predicted octanol–water partition coefficient (Wildman–Crippen LogP) is 1.14. The molecule has 1 aromatic heterocycles. The van der Waals surface area contributed by atoms with E-state index >= 15 is 0 Å². The Labute approximate surface area is 88.9 Å². The highest BCUT2D eigenvalue weighted by molar-refractivity contribution is 7.90. The Bertz CT molecular complexity index is 395. The minimum atomic E-state index is -2.95. The highest BCUT2D eigenvalue weighted by Crippen LogP contribution is 2.24. The first-order valence-electron chi connectivity index (χ1n) is 4.36. The Morgan fingerprint density at radius 2 is 2.14 bits per heavy atom. The van der Waals surface area contributed by atoms with Gasteiger partial charge >= 0.3 is 0 Å². The third-order valence-electron chi connectivity index (χ3n) is 1.95. The van der Waals surface area contributed by atoms with Crippen LogP contribution >= 0.6 is 11.3 Å². The van der Waals surface area contributed by atoms with Crippen LogP contribution in [0.15, 0.2) is 12.1 Å². The lowest BCUT2D eigenvalue weighted by molar-refractivity contribution is 0.594. The van der Waals surface area contributed by atoms with Crippen molar-refractivity contribution in [3.8, 4) is 0 Å². The van der Waals surface area contributed by atoms with Crippen molar-refractivity contribution in [2.24, 2.45) is 5.73 Å². The Morgan fingerprint density at radius 3 is 2.50 bits per heavy atom. The van der Waals surface area contributed by atoms with E-state index in [0.29, 0.717) is 6.54 Å². The molecule has 1 aromatic rings. The number of nitrogens with two attached hydrogens (primary N) is 1. The molecule has 0 aliphatic heterocycles. The zero-order valence-corrected chi connectivity index (χ0v) is 9.99. The molecule has 2 N–H and O–H groups in total. The van der Waals surface area contributed by atoms with Gasteiger partial charge in [0.2, 0.25) is 0 Å². The van der Waals surface area contributed by atoms with Crippen LogP contribution in [0.4, 0.5) is 0 Å². The quantitative estimate of drug-likeness (QED) is 0.848. The van der Waals surface area contributed by atoms with Gasteiger partial charge in [-0.15, -0.1) is 11.3 Å². The maximum atomic E-state index is 11.1. The van der Waals surface area contributed by atoms with E-state index in [0.717, 1.165) is 4.88 Å². The second-order valence-electron chi connectivity index (χ2n) is 3.47. The van der Waals surface area contributed by atoms with Crippen LogP contribution < -0.4 is 5.73 Å². The number of hydrogen-bond donors (Lipinski definition) is 1. The molecule has 1 heterocycles. The molecular formula is C9H15NO2S2. The fraction of sp³-hybridized carbons (Fsp3) is 0.556. The third kappa shape index (κ3) is 3.40. The van der Waals surface area contributed by atoms with Crippen LogP contribution in [0.1, 0.15) is 15.7 Å². The van der Waals surface area contributed by atoms with E-state index in [4.69, 9.17) is 5.73 Å². The van der Waals surface area contributed by atoms with Crippen molar-refractivity contribution < 1.29 is 8.42 Å². The van der Waals surface area contributed by atoms with Crippen LogP contribution in [0.5, 0.6) is 0 Å². The van der Waals surface area contributed by atoms with Crippen molar-refractivity contribution >= 4 is 21.2 Å². The molecular weight excluding hydrogens is 218 g/mol. The summed E-state index contributed by atoms with van der Waals surface area (Å²) in [6.07, 6.45) is 1.25. The summed E-state index contributed by atoms with van der Waals surface area (Å²) in [5.41, 5.74) is 5.56. The Hall–Kier alpha value is -0.390. The van der Waals surface area contributed by atoms with E-state index in [1.54, 1.807) is 11.3 Å². The molecule has 14 heavy (non-hydrogen) atoms. The van der Waals surface area contributed by atoms with Gasteiger partial charge in [-0.25, -0.2) is 8.42 Å². The van der Waals surface area contributed by atoms with Crippen LogP contribution in [0.25, 0.3) is 0 Å². The number of rotatable bonds is 4. The van der Waals surface area contributed by atoms with Gasteiger partial charge in [0.15, 0.2) is 0 Å². The zero-order chi connectivity index (χ0) is 10.8. The van der Waals surface area contributed by atoms with Crippen molar-refractivity contribution in [2.75, 3.05) is 18.6 Å². The summed E-state index contributed by atoms with van der Waals surface area (Å²) in [6.45, 7) is 2.38. The second-order valence-corrected chi connectivity index (χ2v) is 6.98. The Balaban J connectivity index is 2.83. The summed E-state index contributed by atoms with van der Waals surface area (Å²) in [4.78, 5) is 2.25.